The van der Waals surface area contributed by atoms with Crippen molar-refractivity contribution in [2.24, 2.45) is 0 Å². The van der Waals surface area contributed by atoms with Gasteiger partial charge in [0.15, 0.2) is 0 Å². The Kier molecular flexibility index (Phi) is 3.92. The molecule has 1 N–H and O–H groups in total. The van der Waals surface area contributed by atoms with Gasteiger partial charge in [0.2, 0.25) is 0 Å². The monoisotopic (exact) mass is 244 g/mol. The van der Waals surface area contributed by atoms with Crippen LogP contribution in [0.5, 0.6) is 5.75 Å². The molecule has 3 heteroatoms. The van der Waals surface area contributed by atoms with Crippen molar-refractivity contribution < 1.29 is 4.74 Å². The Morgan fingerprint density at radius 1 is 1.56 bits per heavy atom. The average molecular weight is 244 g/mol. The van der Waals surface area contributed by atoms with Gasteiger partial charge in [0.05, 0.1) is 12.2 Å². The van der Waals surface area contributed by atoms with Crippen molar-refractivity contribution in [2.45, 2.75) is 13.8 Å². The summed E-state index contributed by atoms with van der Waals surface area (Å²) in [7, 11) is 0. The second kappa shape index (κ2) is 5.63. The summed E-state index contributed by atoms with van der Waals surface area (Å²) in [6.07, 6.45) is 3.67. The summed E-state index contributed by atoms with van der Waals surface area (Å²) in [6, 6.07) is 6.32. The second-order valence-corrected chi connectivity index (χ2v) is 4.60. The molecule has 0 bridgehead atoms. The molecule has 0 spiro atoms. The molecule has 3 nitrogen and oxygen atoms in total. The predicted molar refractivity (Wildman–Crippen MR) is 76.0 cm³/mol. The van der Waals surface area contributed by atoms with E-state index >= 15 is 0 Å². The number of aryl methyl sites for hydroxylation is 1. The second-order valence-electron chi connectivity index (χ2n) is 4.60. The van der Waals surface area contributed by atoms with Crippen LogP contribution < -0.4 is 15.0 Å². The van der Waals surface area contributed by atoms with E-state index in [4.69, 9.17) is 4.74 Å². The summed E-state index contributed by atoms with van der Waals surface area (Å²) < 4.78 is 5.68. The average Bonchev–Trinajstić information content (AvgIpc) is 2.37. The van der Waals surface area contributed by atoms with Crippen molar-refractivity contribution in [1.82, 2.24) is 5.32 Å². The standard InChI is InChI=1S/C15H20N2O/c1-4-16-10-13(3)11-17-7-8-18-15-6-5-12(2)9-14(15)17/h4-6,9-10,16H,1,7-8,11H2,2-3H3/b13-10+. The van der Waals surface area contributed by atoms with Gasteiger partial charge in [0.1, 0.15) is 12.4 Å². The SMILES string of the molecule is C=CN/C=C(\C)CN1CCOc2ccc(C)cc21. The molecular weight excluding hydrogens is 224 g/mol. The maximum atomic E-state index is 5.68. The van der Waals surface area contributed by atoms with Crippen molar-refractivity contribution in [3.63, 3.8) is 0 Å². The number of anilines is 1. The van der Waals surface area contributed by atoms with Crippen molar-refractivity contribution in [1.29, 1.82) is 0 Å². The zero-order chi connectivity index (χ0) is 13.0. The molecule has 1 aromatic carbocycles. The normalized spacial score (nSPS) is 14.8. The number of hydrogen-bond acceptors (Lipinski definition) is 3. The Morgan fingerprint density at radius 2 is 2.39 bits per heavy atom. The van der Waals surface area contributed by atoms with E-state index in [0.717, 1.165) is 25.4 Å². The molecule has 0 radical (unpaired) electrons. The molecule has 1 aliphatic rings. The lowest BCUT2D eigenvalue weighted by atomic mass is 10.1. The molecule has 0 unspecified atom stereocenters. The molecule has 0 aromatic heterocycles. The number of benzene rings is 1. The minimum Gasteiger partial charge on any atom is -0.490 e. The van der Waals surface area contributed by atoms with Gasteiger partial charge in [0, 0.05) is 12.7 Å². The van der Waals surface area contributed by atoms with Crippen LogP contribution in [-0.4, -0.2) is 19.7 Å². The summed E-state index contributed by atoms with van der Waals surface area (Å²) in [5.74, 6) is 0.983. The first-order valence-corrected chi connectivity index (χ1v) is 6.21. The lowest BCUT2D eigenvalue weighted by Gasteiger charge is -2.31. The van der Waals surface area contributed by atoms with Gasteiger partial charge >= 0.3 is 0 Å². The largest absolute Gasteiger partial charge is 0.490 e. The van der Waals surface area contributed by atoms with E-state index in [1.54, 1.807) is 6.20 Å². The molecular formula is C15H20N2O. The van der Waals surface area contributed by atoms with E-state index in [2.05, 4.69) is 48.8 Å². The van der Waals surface area contributed by atoms with E-state index in [0.29, 0.717) is 0 Å². The fourth-order valence-electron chi connectivity index (χ4n) is 2.09. The van der Waals surface area contributed by atoms with Gasteiger partial charge in [-0.2, -0.15) is 0 Å². The third-order valence-electron chi connectivity index (χ3n) is 2.96. The van der Waals surface area contributed by atoms with Gasteiger partial charge in [-0.15, -0.1) is 0 Å². The van der Waals surface area contributed by atoms with Crippen LogP contribution in [0.25, 0.3) is 0 Å². The Labute approximate surface area is 109 Å². The topological polar surface area (TPSA) is 24.5 Å². The number of rotatable bonds is 4. The van der Waals surface area contributed by atoms with Crippen LogP contribution in [0.15, 0.2) is 42.8 Å². The quantitative estimate of drug-likeness (QED) is 0.881. The number of hydrogen-bond donors (Lipinski definition) is 1. The van der Waals surface area contributed by atoms with Crippen LogP contribution in [0.2, 0.25) is 0 Å². The van der Waals surface area contributed by atoms with Crippen molar-refractivity contribution in [3.05, 3.63) is 48.3 Å². The van der Waals surface area contributed by atoms with E-state index in [9.17, 15) is 0 Å². The van der Waals surface area contributed by atoms with Crippen LogP contribution in [0.1, 0.15) is 12.5 Å². The van der Waals surface area contributed by atoms with Crippen molar-refractivity contribution in [2.75, 3.05) is 24.6 Å². The van der Waals surface area contributed by atoms with Gasteiger partial charge in [-0.3, -0.25) is 0 Å². The molecule has 96 valence electrons. The van der Waals surface area contributed by atoms with Gasteiger partial charge in [-0.05, 0) is 43.3 Å². The highest BCUT2D eigenvalue weighted by molar-refractivity contribution is 5.61. The van der Waals surface area contributed by atoms with E-state index in [-0.39, 0.29) is 0 Å². The fraction of sp³-hybridized carbons (Fsp3) is 0.333. The van der Waals surface area contributed by atoms with Gasteiger partial charge < -0.3 is 15.0 Å². The molecule has 1 aromatic rings. The predicted octanol–water partition coefficient (Wildman–Crippen LogP) is 2.83. The molecule has 1 heterocycles. The molecule has 18 heavy (non-hydrogen) atoms. The number of nitrogens with one attached hydrogen (secondary N) is 1. The zero-order valence-corrected chi connectivity index (χ0v) is 11.1. The van der Waals surface area contributed by atoms with E-state index in [1.807, 2.05) is 6.20 Å². The van der Waals surface area contributed by atoms with Crippen LogP contribution in [0.3, 0.4) is 0 Å². The third-order valence-corrected chi connectivity index (χ3v) is 2.96. The number of ether oxygens (including phenoxy) is 1. The Hall–Kier alpha value is -1.90. The first-order chi connectivity index (χ1) is 8.70. The Balaban J connectivity index is 2.16. The van der Waals surface area contributed by atoms with Crippen LogP contribution in [0.4, 0.5) is 5.69 Å². The van der Waals surface area contributed by atoms with E-state index < -0.39 is 0 Å². The molecule has 0 saturated carbocycles. The molecule has 0 aliphatic carbocycles. The molecule has 2 rings (SSSR count). The molecule has 1 aliphatic heterocycles. The lowest BCUT2D eigenvalue weighted by molar-refractivity contribution is 0.309. The highest BCUT2D eigenvalue weighted by atomic mass is 16.5. The summed E-state index contributed by atoms with van der Waals surface area (Å²) in [5, 5.41) is 3.02. The molecule has 0 amide bonds. The Morgan fingerprint density at radius 3 is 3.17 bits per heavy atom. The zero-order valence-electron chi connectivity index (χ0n) is 11.1. The minimum atomic E-state index is 0.748. The van der Waals surface area contributed by atoms with Gasteiger partial charge in [-0.25, -0.2) is 0 Å². The summed E-state index contributed by atoms with van der Waals surface area (Å²) in [5.41, 5.74) is 3.71. The first-order valence-electron chi connectivity index (χ1n) is 6.21. The fourth-order valence-corrected chi connectivity index (χ4v) is 2.09. The highest BCUT2D eigenvalue weighted by Gasteiger charge is 2.17. The third kappa shape index (κ3) is 2.86. The molecule has 0 fully saturated rings. The molecule has 0 saturated heterocycles. The van der Waals surface area contributed by atoms with Crippen molar-refractivity contribution >= 4 is 5.69 Å². The number of nitrogens with zero attached hydrogens (tertiary/aromatic N) is 1. The summed E-state index contributed by atoms with van der Waals surface area (Å²) >= 11 is 0. The number of fused-ring (bicyclic) bond motifs is 1. The van der Waals surface area contributed by atoms with Crippen LogP contribution >= 0.6 is 0 Å². The maximum absolute atomic E-state index is 5.68. The van der Waals surface area contributed by atoms with Gasteiger partial charge in [0.25, 0.3) is 0 Å². The van der Waals surface area contributed by atoms with Crippen LogP contribution in [0, 0.1) is 6.92 Å². The summed E-state index contributed by atoms with van der Waals surface area (Å²) in [6.45, 7) is 10.4. The summed E-state index contributed by atoms with van der Waals surface area (Å²) in [4.78, 5) is 2.35. The maximum Gasteiger partial charge on any atom is 0.142 e. The first kappa shape index (κ1) is 12.6. The smallest absolute Gasteiger partial charge is 0.142 e. The van der Waals surface area contributed by atoms with Gasteiger partial charge in [-0.1, -0.05) is 12.6 Å². The van der Waals surface area contributed by atoms with Crippen molar-refractivity contribution in [3.8, 4) is 5.75 Å². The highest BCUT2D eigenvalue weighted by Crippen LogP contribution is 2.32. The lowest BCUT2D eigenvalue weighted by Crippen LogP contribution is -2.34. The van der Waals surface area contributed by atoms with E-state index in [1.165, 1.54) is 16.8 Å². The molecule has 0 atom stereocenters. The van der Waals surface area contributed by atoms with Crippen LogP contribution in [-0.2, 0) is 0 Å². The minimum absolute atomic E-state index is 0.748. The Bertz CT molecular complexity index is 466.